The molecule has 1 aromatic carbocycles. The number of aryl methyl sites for hydroxylation is 1. The van der Waals surface area contributed by atoms with E-state index in [1.165, 1.54) is 6.20 Å². The molecule has 0 spiro atoms. The number of rotatable bonds is 5. The summed E-state index contributed by atoms with van der Waals surface area (Å²) >= 11 is 9.88. The number of benzene rings is 1. The van der Waals surface area contributed by atoms with Crippen LogP contribution in [-0.2, 0) is 15.3 Å². The molecule has 1 unspecified atom stereocenters. The molecule has 0 amide bonds. The lowest BCUT2D eigenvalue weighted by Crippen LogP contribution is -2.37. The minimum absolute atomic E-state index is 0.148. The third-order valence-corrected chi connectivity index (χ3v) is 7.47. The molecule has 3 rings (SSSR count). The average molecular weight is 469 g/mol. The monoisotopic (exact) mass is 467 g/mol. The van der Waals surface area contributed by atoms with Crippen LogP contribution in [0.5, 0.6) is 0 Å². The van der Waals surface area contributed by atoms with Crippen molar-refractivity contribution >= 4 is 37.4 Å². The van der Waals surface area contributed by atoms with Crippen molar-refractivity contribution < 1.29 is 13.1 Å². The van der Waals surface area contributed by atoms with Crippen LogP contribution in [0.2, 0.25) is 5.02 Å². The number of hydrogen-bond acceptors (Lipinski definition) is 3. The van der Waals surface area contributed by atoms with Crippen molar-refractivity contribution in [1.82, 2.24) is 0 Å². The van der Waals surface area contributed by atoms with Gasteiger partial charge in [0.05, 0.1) is 5.75 Å². The normalized spacial score (nSPS) is 19.4. The second-order valence-corrected chi connectivity index (χ2v) is 10.0. The second-order valence-electron chi connectivity index (χ2n) is 6.66. The maximum Gasteiger partial charge on any atom is 0.311 e. The van der Waals surface area contributed by atoms with Crippen molar-refractivity contribution in [3.05, 3.63) is 86.7 Å². The molecule has 2 aromatic rings. The first kappa shape index (κ1) is 20.1. The summed E-state index contributed by atoms with van der Waals surface area (Å²) in [4.78, 5) is 0. The van der Waals surface area contributed by atoms with Crippen LogP contribution in [-0.4, -0.2) is 14.2 Å². The van der Waals surface area contributed by atoms with Crippen LogP contribution in [0.1, 0.15) is 24.0 Å². The molecule has 4 nitrogen and oxygen atoms in total. The molecular formula is C20H19BrClNO3S. The molecule has 1 aliphatic rings. The van der Waals surface area contributed by atoms with Gasteiger partial charge in [0.25, 0.3) is 0 Å². The van der Waals surface area contributed by atoms with Crippen LogP contribution >= 0.6 is 27.5 Å². The molecular weight excluding hydrogens is 450 g/mol. The van der Waals surface area contributed by atoms with E-state index in [0.29, 0.717) is 28.2 Å². The highest BCUT2D eigenvalue weighted by Gasteiger charge is 2.35. The number of allylic oxidation sites excluding steroid dienone is 4. The standard InChI is InChI=1S/C20H19BrClNO3S/c1-15-6-5-12-23(24)19(15)27(25,26)13-11-20(9-3-2-4-10-20)17-8-7-16(21)14-18(17)22/h2-9,12,14H,10-11,13H2,1H3. The molecule has 1 atom stereocenters. The Balaban J connectivity index is 1.97. The summed E-state index contributed by atoms with van der Waals surface area (Å²) in [5.74, 6) is -0.148. The molecule has 27 heavy (non-hydrogen) atoms. The lowest BCUT2D eigenvalue weighted by Gasteiger charge is -2.33. The van der Waals surface area contributed by atoms with E-state index in [-0.39, 0.29) is 10.8 Å². The van der Waals surface area contributed by atoms with Gasteiger partial charge >= 0.3 is 5.03 Å². The Hall–Kier alpha value is -1.63. The molecule has 142 valence electrons. The van der Waals surface area contributed by atoms with Gasteiger partial charge < -0.3 is 5.21 Å². The minimum atomic E-state index is -3.75. The van der Waals surface area contributed by atoms with Crippen LogP contribution in [0, 0.1) is 12.1 Å². The Kier molecular flexibility index (Phi) is 5.79. The Labute approximate surface area is 172 Å². The molecule has 0 aliphatic heterocycles. The van der Waals surface area contributed by atoms with E-state index in [0.717, 1.165) is 10.0 Å². The van der Waals surface area contributed by atoms with Gasteiger partial charge in [-0.3, -0.25) is 0 Å². The number of hydrogen-bond donors (Lipinski definition) is 0. The summed E-state index contributed by atoms with van der Waals surface area (Å²) in [6, 6.07) is 8.80. The number of sulfone groups is 1. The summed E-state index contributed by atoms with van der Waals surface area (Å²) in [5, 5.41) is 12.5. The van der Waals surface area contributed by atoms with Crippen molar-refractivity contribution in [3.8, 4) is 0 Å². The number of nitrogens with zero attached hydrogens (tertiary/aromatic N) is 1. The van der Waals surface area contributed by atoms with E-state index in [1.54, 1.807) is 19.1 Å². The van der Waals surface area contributed by atoms with Crippen LogP contribution in [0.25, 0.3) is 0 Å². The van der Waals surface area contributed by atoms with Gasteiger partial charge in [-0.2, -0.15) is 4.73 Å². The molecule has 7 heteroatoms. The molecule has 0 fully saturated rings. The van der Waals surface area contributed by atoms with E-state index in [9.17, 15) is 13.6 Å². The first-order valence-corrected chi connectivity index (χ1v) is 11.3. The van der Waals surface area contributed by atoms with Gasteiger partial charge in [0.15, 0.2) is 6.20 Å². The summed E-state index contributed by atoms with van der Waals surface area (Å²) in [7, 11) is -3.75. The third-order valence-electron chi connectivity index (χ3n) is 4.83. The van der Waals surface area contributed by atoms with Gasteiger partial charge in [0.2, 0.25) is 9.84 Å². The predicted octanol–water partition coefficient (Wildman–Crippen LogP) is 4.66. The maximum absolute atomic E-state index is 12.9. The molecule has 1 heterocycles. The lowest BCUT2D eigenvalue weighted by molar-refractivity contribution is -0.647. The van der Waals surface area contributed by atoms with Gasteiger partial charge in [-0.25, -0.2) is 8.42 Å². The number of pyridine rings is 1. The summed E-state index contributed by atoms with van der Waals surface area (Å²) in [6.07, 6.45) is 10.0. The van der Waals surface area contributed by atoms with Gasteiger partial charge in [-0.1, -0.05) is 57.9 Å². The Morgan fingerprint density at radius 3 is 2.70 bits per heavy atom. The van der Waals surface area contributed by atoms with Crippen molar-refractivity contribution in [2.24, 2.45) is 0 Å². The van der Waals surface area contributed by atoms with Gasteiger partial charge in [-0.05, 0) is 43.5 Å². The highest BCUT2D eigenvalue weighted by atomic mass is 79.9. The van der Waals surface area contributed by atoms with Crippen LogP contribution in [0.4, 0.5) is 0 Å². The summed E-state index contributed by atoms with van der Waals surface area (Å²) in [5.41, 5.74) is 0.793. The summed E-state index contributed by atoms with van der Waals surface area (Å²) < 4.78 is 27.1. The molecule has 0 bridgehead atoms. The van der Waals surface area contributed by atoms with E-state index in [2.05, 4.69) is 15.9 Å². The van der Waals surface area contributed by atoms with Gasteiger partial charge in [0.1, 0.15) is 0 Å². The molecule has 0 saturated carbocycles. The Morgan fingerprint density at radius 2 is 2.07 bits per heavy atom. The quantitative estimate of drug-likeness (QED) is 0.473. The zero-order chi connectivity index (χ0) is 19.7. The zero-order valence-electron chi connectivity index (χ0n) is 14.7. The highest BCUT2D eigenvalue weighted by Crippen LogP contribution is 2.41. The van der Waals surface area contributed by atoms with Crippen molar-refractivity contribution in [3.63, 3.8) is 0 Å². The molecule has 0 radical (unpaired) electrons. The fourth-order valence-corrected chi connectivity index (χ4v) is 6.03. The number of aromatic nitrogens is 1. The molecule has 1 aliphatic carbocycles. The third kappa shape index (κ3) is 4.13. The first-order valence-electron chi connectivity index (χ1n) is 8.47. The average Bonchev–Trinajstić information content (AvgIpc) is 2.60. The van der Waals surface area contributed by atoms with E-state index < -0.39 is 15.3 Å². The van der Waals surface area contributed by atoms with Crippen LogP contribution < -0.4 is 4.73 Å². The number of halogens is 2. The zero-order valence-corrected chi connectivity index (χ0v) is 17.9. The minimum Gasteiger partial charge on any atom is -0.618 e. The predicted molar refractivity (Wildman–Crippen MR) is 111 cm³/mol. The smallest absolute Gasteiger partial charge is 0.311 e. The summed E-state index contributed by atoms with van der Waals surface area (Å²) in [6.45, 7) is 1.63. The Bertz CT molecular complexity index is 1010. The van der Waals surface area contributed by atoms with Crippen molar-refractivity contribution in [2.75, 3.05) is 5.75 Å². The second kappa shape index (κ2) is 7.78. The Morgan fingerprint density at radius 1 is 1.30 bits per heavy atom. The van der Waals surface area contributed by atoms with Crippen molar-refractivity contribution in [1.29, 1.82) is 0 Å². The highest BCUT2D eigenvalue weighted by molar-refractivity contribution is 9.10. The molecule has 1 aromatic heterocycles. The lowest BCUT2D eigenvalue weighted by atomic mass is 9.73. The van der Waals surface area contributed by atoms with E-state index in [1.807, 2.05) is 42.5 Å². The largest absolute Gasteiger partial charge is 0.618 e. The van der Waals surface area contributed by atoms with Crippen molar-refractivity contribution in [2.45, 2.75) is 30.2 Å². The maximum atomic E-state index is 12.9. The van der Waals surface area contributed by atoms with Gasteiger partial charge in [0, 0.05) is 26.5 Å². The van der Waals surface area contributed by atoms with Crippen LogP contribution in [0.3, 0.4) is 0 Å². The van der Waals surface area contributed by atoms with Crippen LogP contribution in [0.15, 0.2) is 70.3 Å². The van der Waals surface area contributed by atoms with E-state index in [4.69, 9.17) is 11.6 Å². The topological polar surface area (TPSA) is 61.1 Å². The first-order chi connectivity index (χ1) is 12.8. The molecule has 0 N–H and O–H groups in total. The van der Waals surface area contributed by atoms with Gasteiger partial charge in [-0.15, -0.1) is 0 Å². The van der Waals surface area contributed by atoms with E-state index >= 15 is 0 Å². The SMILES string of the molecule is Cc1ccc[n+]([O-])c1S(=O)(=O)CCC1(c2ccc(Br)cc2Cl)C=CC=CC1. The molecule has 0 saturated heterocycles. The fraction of sp³-hybridized carbons (Fsp3) is 0.250. The fourth-order valence-electron chi connectivity index (χ4n) is 3.45.